The van der Waals surface area contributed by atoms with Gasteiger partial charge >= 0.3 is 0 Å². The number of hydrogen-bond acceptors (Lipinski definition) is 5. The van der Waals surface area contributed by atoms with Gasteiger partial charge in [0, 0.05) is 20.3 Å². The molecule has 1 rings (SSSR count). The number of anilines is 1. The Labute approximate surface area is 118 Å². The number of benzene rings is 1. The Hall–Kier alpha value is -1.38. The molecule has 0 radical (unpaired) electrons. The fraction of sp³-hybridized carbons (Fsp3) is 0.500. The normalized spacial score (nSPS) is 11.7. The first-order valence-corrected chi connectivity index (χ1v) is 7.55. The minimum atomic E-state index is -3.58. The van der Waals surface area contributed by atoms with Crippen molar-refractivity contribution in [2.24, 2.45) is 0 Å². The number of methoxy groups -OCH3 is 3. The molecule has 0 aliphatic carbocycles. The van der Waals surface area contributed by atoms with Gasteiger partial charge in [-0.25, -0.2) is 12.8 Å². The summed E-state index contributed by atoms with van der Waals surface area (Å²) >= 11 is 0. The Bertz CT molecular complexity index is 545. The summed E-state index contributed by atoms with van der Waals surface area (Å²) in [5, 5.41) is 0. The molecule has 8 heteroatoms. The highest BCUT2D eigenvalue weighted by molar-refractivity contribution is 7.92. The molecule has 0 amide bonds. The maximum atomic E-state index is 13.4. The Morgan fingerprint density at radius 1 is 1.25 bits per heavy atom. The van der Waals surface area contributed by atoms with E-state index < -0.39 is 22.1 Å². The van der Waals surface area contributed by atoms with Gasteiger partial charge in [-0.05, 0) is 12.1 Å². The molecule has 0 saturated carbocycles. The molecule has 1 aromatic carbocycles. The molecule has 114 valence electrons. The second-order valence-corrected chi connectivity index (χ2v) is 5.92. The maximum absolute atomic E-state index is 13.4. The van der Waals surface area contributed by atoms with E-state index in [0.29, 0.717) is 0 Å². The van der Waals surface area contributed by atoms with Gasteiger partial charge in [-0.3, -0.25) is 4.31 Å². The monoisotopic (exact) mass is 307 g/mol. The Morgan fingerprint density at radius 2 is 1.85 bits per heavy atom. The lowest BCUT2D eigenvalue weighted by atomic mass is 10.3. The molecular weight excluding hydrogens is 289 g/mol. The molecule has 0 atom stereocenters. The minimum Gasteiger partial charge on any atom is -0.494 e. The molecule has 0 fully saturated rings. The molecule has 0 spiro atoms. The molecule has 0 unspecified atom stereocenters. The molecule has 0 aliphatic rings. The van der Waals surface area contributed by atoms with Gasteiger partial charge < -0.3 is 14.2 Å². The largest absolute Gasteiger partial charge is 0.494 e. The fourth-order valence-electron chi connectivity index (χ4n) is 1.62. The van der Waals surface area contributed by atoms with Crippen molar-refractivity contribution in [3.63, 3.8) is 0 Å². The molecule has 0 aliphatic heterocycles. The van der Waals surface area contributed by atoms with Crippen LogP contribution in [0.15, 0.2) is 18.2 Å². The highest BCUT2D eigenvalue weighted by Crippen LogP contribution is 2.26. The number of rotatable bonds is 7. The fourth-order valence-corrected chi connectivity index (χ4v) is 2.51. The second kappa shape index (κ2) is 6.87. The summed E-state index contributed by atoms with van der Waals surface area (Å²) in [5.41, 5.74) is 0.268. The summed E-state index contributed by atoms with van der Waals surface area (Å²) < 4.78 is 53.0. The molecular formula is C12H18FNO5S. The average molecular weight is 307 g/mol. The van der Waals surface area contributed by atoms with Crippen molar-refractivity contribution >= 4 is 15.7 Å². The van der Waals surface area contributed by atoms with Crippen molar-refractivity contribution in [2.75, 3.05) is 38.4 Å². The van der Waals surface area contributed by atoms with Crippen LogP contribution in [0.2, 0.25) is 0 Å². The van der Waals surface area contributed by atoms with E-state index in [0.717, 1.165) is 16.6 Å². The molecule has 0 bridgehead atoms. The van der Waals surface area contributed by atoms with Crippen LogP contribution in [0.5, 0.6) is 5.75 Å². The van der Waals surface area contributed by atoms with Crippen LogP contribution in [0.4, 0.5) is 10.1 Å². The summed E-state index contributed by atoms with van der Waals surface area (Å²) in [6, 6.07) is 3.79. The highest BCUT2D eigenvalue weighted by Gasteiger charge is 2.23. The van der Waals surface area contributed by atoms with Crippen LogP contribution in [0.3, 0.4) is 0 Å². The van der Waals surface area contributed by atoms with Crippen molar-refractivity contribution < 1.29 is 27.0 Å². The van der Waals surface area contributed by atoms with Crippen LogP contribution in [0.25, 0.3) is 0 Å². The quantitative estimate of drug-likeness (QED) is 0.709. The highest BCUT2D eigenvalue weighted by atomic mass is 32.2. The van der Waals surface area contributed by atoms with Crippen molar-refractivity contribution in [1.29, 1.82) is 0 Å². The second-order valence-electron chi connectivity index (χ2n) is 4.01. The number of halogens is 1. The van der Waals surface area contributed by atoms with E-state index in [4.69, 9.17) is 14.2 Å². The van der Waals surface area contributed by atoms with Gasteiger partial charge in [0.05, 0.1) is 25.6 Å². The Morgan fingerprint density at radius 3 is 2.30 bits per heavy atom. The van der Waals surface area contributed by atoms with Gasteiger partial charge in [0.25, 0.3) is 0 Å². The van der Waals surface area contributed by atoms with Crippen molar-refractivity contribution in [3.05, 3.63) is 24.0 Å². The SMILES string of the molecule is COc1cc(N(CC(OC)OC)S(C)(=O)=O)ccc1F. The van der Waals surface area contributed by atoms with E-state index in [1.807, 2.05) is 0 Å². The minimum absolute atomic E-state index is 0.0393. The summed E-state index contributed by atoms with van der Waals surface area (Å²) in [7, 11) is 0.535. The smallest absolute Gasteiger partial charge is 0.232 e. The van der Waals surface area contributed by atoms with Crippen LogP contribution in [-0.4, -0.2) is 48.8 Å². The first kappa shape index (κ1) is 16.7. The summed E-state index contributed by atoms with van der Waals surface area (Å²) in [4.78, 5) is 0. The van der Waals surface area contributed by atoms with Crippen LogP contribution in [0.1, 0.15) is 0 Å². The van der Waals surface area contributed by atoms with Crippen molar-refractivity contribution in [3.8, 4) is 5.75 Å². The zero-order valence-corrected chi connectivity index (χ0v) is 12.6. The van der Waals surface area contributed by atoms with E-state index in [1.54, 1.807) is 0 Å². The first-order chi connectivity index (χ1) is 9.33. The van der Waals surface area contributed by atoms with E-state index in [1.165, 1.54) is 33.5 Å². The number of nitrogens with zero attached hydrogens (tertiary/aromatic N) is 1. The third kappa shape index (κ3) is 4.06. The predicted octanol–water partition coefficient (Wildman–Crippen LogP) is 1.22. The summed E-state index contributed by atoms with van der Waals surface area (Å²) in [6.07, 6.45) is 0.311. The van der Waals surface area contributed by atoms with Crippen molar-refractivity contribution in [1.82, 2.24) is 0 Å². The lowest BCUT2D eigenvalue weighted by Gasteiger charge is -2.26. The van der Waals surface area contributed by atoms with Crippen LogP contribution in [-0.2, 0) is 19.5 Å². The van der Waals surface area contributed by atoms with Gasteiger partial charge in [-0.1, -0.05) is 0 Å². The van der Waals surface area contributed by atoms with E-state index >= 15 is 0 Å². The van der Waals surface area contributed by atoms with Crippen LogP contribution >= 0.6 is 0 Å². The van der Waals surface area contributed by atoms with Gasteiger partial charge in [0.2, 0.25) is 10.0 Å². The molecule has 6 nitrogen and oxygen atoms in total. The topological polar surface area (TPSA) is 65.1 Å². The molecule has 0 aromatic heterocycles. The zero-order chi connectivity index (χ0) is 15.3. The number of ether oxygens (including phenoxy) is 3. The van der Waals surface area contributed by atoms with E-state index in [9.17, 15) is 12.8 Å². The number of sulfonamides is 1. The lowest BCUT2D eigenvalue weighted by molar-refractivity contribution is -0.0932. The maximum Gasteiger partial charge on any atom is 0.232 e. The Kier molecular flexibility index (Phi) is 5.73. The van der Waals surface area contributed by atoms with Gasteiger partial charge in [-0.15, -0.1) is 0 Å². The van der Waals surface area contributed by atoms with Gasteiger partial charge in [-0.2, -0.15) is 0 Å². The predicted molar refractivity (Wildman–Crippen MR) is 72.9 cm³/mol. The first-order valence-electron chi connectivity index (χ1n) is 5.70. The van der Waals surface area contributed by atoms with Gasteiger partial charge in [0.15, 0.2) is 17.9 Å². The average Bonchev–Trinajstić information content (AvgIpc) is 2.40. The summed E-state index contributed by atoms with van der Waals surface area (Å²) in [5.74, 6) is -0.609. The standard InChI is InChI=1S/C12H18FNO5S/c1-17-11-7-9(5-6-10(11)13)14(20(4,15)16)8-12(18-2)19-3/h5-7,12H,8H2,1-4H3. The summed E-state index contributed by atoms with van der Waals surface area (Å²) in [6.45, 7) is -0.0549. The molecule has 20 heavy (non-hydrogen) atoms. The molecule has 0 saturated heterocycles. The number of hydrogen-bond donors (Lipinski definition) is 0. The van der Waals surface area contributed by atoms with E-state index in [2.05, 4.69) is 0 Å². The van der Waals surface area contributed by atoms with Crippen molar-refractivity contribution in [2.45, 2.75) is 6.29 Å². The molecule has 1 aromatic rings. The lowest BCUT2D eigenvalue weighted by Crippen LogP contribution is -2.38. The van der Waals surface area contributed by atoms with Gasteiger partial charge in [0.1, 0.15) is 0 Å². The third-order valence-corrected chi connectivity index (χ3v) is 3.82. The molecule has 0 heterocycles. The van der Waals surface area contributed by atoms with Crippen LogP contribution < -0.4 is 9.04 Å². The zero-order valence-electron chi connectivity index (χ0n) is 11.8. The van der Waals surface area contributed by atoms with Crippen LogP contribution in [0, 0.1) is 5.82 Å². The Balaban J connectivity index is 3.18. The van der Waals surface area contributed by atoms with E-state index in [-0.39, 0.29) is 18.0 Å². The molecule has 0 N–H and O–H groups in total. The third-order valence-electron chi connectivity index (χ3n) is 2.66.